The second-order valence-electron chi connectivity index (χ2n) is 6.56. The van der Waals surface area contributed by atoms with E-state index in [2.05, 4.69) is 29.4 Å². The standard InChI is InChI=1S/C15H29N3O2.2ClH/c1-11(2)9-18-6-4-13(10-18)8-17-15(19)14-12(3)20-7-5-16-14;;/h11-14,16H,4-10H2,1-3H3,(H,17,19);2*1H/t12-,13?,14+;;/m1../s1. The Kier molecular flexibility index (Phi) is 10.6. The fourth-order valence-corrected chi connectivity index (χ4v) is 3.14. The fourth-order valence-electron chi connectivity index (χ4n) is 3.14. The minimum atomic E-state index is -0.197. The van der Waals surface area contributed by atoms with Crippen molar-refractivity contribution < 1.29 is 9.53 Å². The molecule has 0 spiro atoms. The van der Waals surface area contributed by atoms with Crippen LogP contribution >= 0.6 is 24.8 Å². The number of carbonyl (C=O) groups is 1. The maximum atomic E-state index is 12.2. The van der Waals surface area contributed by atoms with Gasteiger partial charge in [0.05, 0.1) is 12.7 Å². The molecule has 0 bridgehead atoms. The van der Waals surface area contributed by atoms with E-state index in [-0.39, 0.29) is 42.9 Å². The number of hydrogen-bond acceptors (Lipinski definition) is 4. The summed E-state index contributed by atoms with van der Waals surface area (Å²) in [5.41, 5.74) is 0. The molecule has 1 unspecified atom stereocenters. The predicted molar refractivity (Wildman–Crippen MR) is 94.1 cm³/mol. The van der Waals surface area contributed by atoms with E-state index in [1.54, 1.807) is 0 Å². The van der Waals surface area contributed by atoms with Crippen molar-refractivity contribution in [2.75, 3.05) is 39.3 Å². The first-order valence-corrected chi connectivity index (χ1v) is 7.91. The number of nitrogens with one attached hydrogen (secondary N) is 2. The van der Waals surface area contributed by atoms with Gasteiger partial charge in [0.2, 0.25) is 5.91 Å². The first-order chi connectivity index (χ1) is 9.56. The van der Waals surface area contributed by atoms with Crippen LogP contribution in [0.25, 0.3) is 0 Å². The number of rotatable bonds is 5. The number of likely N-dealkylation sites (tertiary alicyclic amines) is 1. The van der Waals surface area contributed by atoms with Crippen LogP contribution in [0.3, 0.4) is 0 Å². The lowest BCUT2D eigenvalue weighted by molar-refractivity contribution is -0.129. The van der Waals surface area contributed by atoms with Crippen molar-refractivity contribution in [2.45, 2.75) is 39.3 Å². The lowest BCUT2D eigenvalue weighted by atomic mass is 10.1. The zero-order valence-electron chi connectivity index (χ0n) is 13.8. The number of hydrogen-bond donors (Lipinski definition) is 2. The minimum absolute atomic E-state index is 0. The lowest BCUT2D eigenvalue weighted by Crippen LogP contribution is -2.56. The maximum absolute atomic E-state index is 12.2. The Balaban J connectivity index is 0.00000220. The van der Waals surface area contributed by atoms with Gasteiger partial charge in [-0.2, -0.15) is 0 Å². The van der Waals surface area contributed by atoms with Gasteiger partial charge in [-0.25, -0.2) is 0 Å². The highest BCUT2D eigenvalue weighted by atomic mass is 35.5. The number of morpholine rings is 1. The van der Waals surface area contributed by atoms with E-state index in [0.717, 1.165) is 19.6 Å². The van der Waals surface area contributed by atoms with Crippen molar-refractivity contribution in [1.29, 1.82) is 0 Å². The summed E-state index contributed by atoms with van der Waals surface area (Å²) in [7, 11) is 0. The zero-order valence-corrected chi connectivity index (χ0v) is 15.5. The highest BCUT2D eigenvalue weighted by Gasteiger charge is 2.29. The molecule has 2 aliphatic rings. The Labute approximate surface area is 146 Å². The van der Waals surface area contributed by atoms with Gasteiger partial charge in [0.15, 0.2) is 0 Å². The fraction of sp³-hybridized carbons (Fsp3) is 0.933. The quantitative estimate of drug-likeness (QED) is 0.780. The van der Waals surface area contributed by atoms with Crippen LogP contribution in [0.1, 0.15) is 27.2 Å². The van der Waals surface area contributed by atoms with Crippen molar-refractivity contribution in [3.05, 3.63) is 0 Å². The second-order valence-corrected chi connectivity index (χ2v) is 6.56. The van der Waals surface area contributed by atoms with Gasteiger partial charge in [-0.3, -0.25) is 4.79 Å². The summed E-state index contributed by atoms with van der Waals surface area (Å²) in [6.07, 6.45) is 1.15. The van der Waals surface area contributed by atoms with Gasteiger partial charge < -0.3 is 20.3 Å². The van der Waals surface area contributed by atoms with Crippen molar-refractivity contribution in [2.24, 2.45) is 11.8 Å². The van der Waals surface area contributed by atoms with Crippen LogP contribution in [0.4, 0.5) is 0 Å². The van der Waals surface area contributed by atoms with Crippen molar-refractivity contribution in [3.8, 4) is 0 Å². The van der Waals surface area contributed by atoms with E-state index in [0.29, 0.717) is 18.4 Å². The van der Waals surface area contributed by atoms with Crippen LogP contribution < -0.4 is 10.6 Å². The number of amides is 1. The van der Waals surface area contributed by atoms with E-state index in [1.165, 1.54) is 19.5 Å². The Morgan fingerprint density at radius 1 is 1.41 bits per heavy atom. The number of nitrogens with zero attached hydrogens (tertiary/aromatic N) is 1. The zero-order chi connectivity index (χ0) is 14.5. The predicted octanol–water partition coefficient (Wildman–Crippen LogP) is 1.30. The molecule has 0 aromatic rings. The second kappa shape index (κ2) is 10.7. The summed E-state index contributed by atoms with van der Waals surface area (Å²) >= 11 is 0. The summed E-state index contributed by atoms with van der Waals surface area (Å²) in [5.74, 6) is 1.39. The largest absolute Gasteiger partial charge is 0.375 e. The summed E-state index contributed by atoms with van der Waals surface area (Å²) in [4.78, 5) is 14.7. The molecule has 2 saturated heterocycles. The first-order valence-electron chi connectivity index (χ1n) is 7.91. The molecule has 5 nitrogen and oxygen atoms in total. The molecule has 132 valence electrons. The van der Waals surface area contributed by atoms with Crippen LogP contribution in [0, 0.1) is 11.8 Å². The lowest BCUT2D eigenvalue weighted by Gasteiger charge is -2.29. The third kappa shape index (κ3) is 6.59. The first kappa shape index (κ1) is 21.9. The highest BCUT2D eigenvalue weighted by Crippen LogP contribution is 2.16. The molecule has 2 fully saturated rings. The third-order valence-electron chi connectivity index (χ3n) is 4.16. The molecule has 0 aromatic carbocycles. The van der Waals surface area contributed by atoms with Gasteiger partial charge in [0.25, 0.3) is 0 Å². The van der Waals surface area contributed by atoms with Crippen LogP contribution in [-0.4, -0.2) is 62.3 Å². The average molecular weight is 356 g/mol. The Morgan fingerprint density at radius 3 is 2.77 bits per heavy atom. The Bertz CT molecular complexity index is 332. The van der Waals surface area contributed by atoms with E-state index in [1.807, 2.05) is 6.92 Å². The molecule has 2 heterocycles. The molecule has 3 atom stereocenters. The van der Waals surface area contributed by atoms with E-state index < -0.39 is 0 Å². The summed E-state index contributed by atoms with van der Waals surface area (Å²) in [6.45, 7) is 12.2. The van der Waals surface area contributed by atoms with E-state index in [4.69, 9.17) is 4.74 Å². The maximum Gasteiger partial charge on any atom is 0.239 e. The number of ether oxygens (including phenoxy) is 1. The summed E-state index contributed by atoms with van der Waals surface area (Å²) < 4.78 is 5.51. The van der Waals surface area contributed by atoms with Crippen molar-refractivity contribution in [3.63, 3.8) is 0 Å². The van der Waals surface area contributed by atoms with Crippen molar-refractivity contribution in [1.82, 2.24) is 15.5 Å². The van der Waals surface area contributed by atoms with Crippen LogP contribution in [0.2, 0.25) is 0 Å². The molecular weight excluding hydrogens is 325 g/mol. The van der Waals surface area contributed by atoms with Gasteiger partial charge >= 0.3 is 0 Å². The monoisotopic (exact) mass is 355 g/mol. The molecule has 0 saturated carbocycles. The van der Waals surface area contributed by atoms with E-state index >= 15 is 0 Å². The number of halogens is 2. The third-order valence-corrected chi connectivity index (χ3v) is 4.16. The number of carbonyl (C=O) groups excluding carboxylic acids is 1. The molecule has 0 radical (unpaired) electrons. The molecule has 2 N–H and O–H groups in total. The average Bonchev–Trinajstić information content (AvgIpc) is 2.83. The minimum Gasteiger partial charge on any atom is -0.375 e. The van der Waals surface area contributed by atoms with E-state index in [9.17, 15) is 4.79 Å². The van der Waals surface area contributed by atoms with Gasteiger partial charge in [0, 0.05) is 26.2 Å². The molecule has 2 rings (SSSR count). The molecule has 0 aliphatic carbocycles. The molecule has 1 amide bonds. The van der Waals surface area contributed by atoms with Crippen molar-refractivity contribution >= 4 is 30.7 Å². The molecule has 7 heteroatoms. The molecule has 0 aromatic heterocycles. The van der Waals surface area contributed by atoms with Crippen LogP contribution in [0.15, 0.2) is 0 Å². The molecule has 2 aliphatic heterocycles. The molecule has 22 heavy (non-hydrogen) atoms. The smallest absolute Gasteiger partial charge is 0.239 e. The normalized spacial score (nSPS) is 28.8. The van der Waals surface area contributed by atoms with Gasteiger partial charge in [-0.1, -0.05) is 13.8 Å². The highest BCUT2D eigenvalue weighted by molar-refractivity contribution is 5.85. The van der Waals surface area contributed by atoms with Gasteiger partial charge in [-0.05, 0) is 31.7 Å². The van der Waals surface area contributed by atoms with Crippen LogP contribution in [0.5, 0.6) is 0 Å². The van der Waals surface area contributed by atoms with Gasteiger partial charge in [0.1, 0.15) is 6.04 Å². The Morgan fingerprint density at radius 2 is 2.14 bits per heavy atom. The summed E-state index contributed by atoms with van der Waals surface area (Å²) in [6, 6.07) is -0.197. The van der Waals surface area contributed by atoms with Crippen LogP contribution in [-0.2, 0) is 9.53 Å². The Hall–Kier alpha value is -0.0700. The summed E-state index contributed by atoms with van der Waals surface area (Å²) in [5, 5.41) is 6.32. The topological polar surface area (TPSA) is 53.6 Å². The van der Waals surface area contributed by atoms with Gasteiger partial charge in [-0.15, -0.1) is 24.8 Å². The molecular formula is C15H31Cl2N3O2. The SMILES string of the molecule is CC(C)CN1CCC(CNC(=O)[C@H]2NCCO[C@@H]2C)C1.Cl.Cl.